The Labute approximate surface area is 165 Å². The molecule has 0 bridgehead atoms. The van der Waals surface area contributed by atoms with Gasteiger partial charge in [0.05, 0.1) is 11.4 Å². The molecular weight excluding hydrogens is 383 g/mol. The summed E-state index contributed by atoms with van der Waals surface area (Å²) >= 11 is 0. The number of aryl methyl sites for hydroxylation is 1. The fraction of sp³-hybridized carbons (Fsp3) is 0.238. The van der Waals surface area contributed by atoms with E-state index in [1.807, 2.05) is 6.92 Å². The van der Waals surface area contributed by atoms with Crippen LogP contribution < -0.4 is 10.9 Å². The Bertz CT molecular complexity index is 1140. The molecule has 1 heterocycles. The van der Waals surface area contributed by atoms with E-state index in [-0.39, 0.29) is 16.6 Å². The second-order valence-corrected chi connectivity index (χ2v) is 6.76. The summed E-state index contributed by atoms with van der Waals surface area (Å²) < 4.78 is 41.0. The second-order valence-electron chi connectivity index (χ2n) is 6.76. The van der Waals surface area contributed by atoms with Crippen LogP contribution in [0, 0.1) is 17.5 Å². The molecule has 3 aromatic rings. The average molecular weight is 403 g/mol. The van der Waals surface area contributed by atoms with Crippen molar-refractivity contribution < 1.29 is 18.0 Å². The summed E-state index contributed by atoms with van der Waals surface area (Å²) in [5.41, 5.74) is 0.805. The first-order valence-corrected chi connectivity index (χ1v) is 9.05. The van der Waals surface area contributed by atoms with Gasteiger partial charge in [-0.2, -0.15) is 0 Å². The molecule has 3 rings (SSSR count). The molecule has 0 radical (unpaired) electrons. The SMILES string of the molecule is CCc1cc(NC(=O)N(C)[C@@H](C)c2c[nH]c(=O)c3cc(F)c(F)cc23)ccc1F. The molecule has 2 amide bonds. The number of nitrogens with one attached hydrogen (secondary N) is 2. The maximum absolute atomic E-state index is 13.8. The van der Waals surface area contributed by atoms with Crippen molar-refractivity contribution in [2.75, 3.05) is 12.4 Å². The number of H-pyrrole nitrogens is 1. The molecule has 29 heavy (non-hydrogen) atoms. The third-order valence-corrected chi connectivity index (χ3v) is 5.00. The van der Waals surface area contributed by atoms with E-state index in [4.69, 9.17) is 0 Å². The van der Waals surface area contributed by atoms with Crippen LogP contribution in [0.5, 0.6) is 0 Å². The first kappa shape index (κ1) is 20.4. The van der Waals surface area contributed by atoms with Gasteiger partial charge in [-0.1, -0.05) is 6.92 Å². The molecule has 152 valence electrons. The number of fused-ring (bicyclic) bond motifs is 1. The number of pyridine rings is 1. The molecule has 0 saturated heterocycles. The summed E-state index contributed by atoms with van der Waals surface area (Å²) in [6.45, 7) is 3.50. The maximum atomic E-state index is 13.8. The summed E-state index contributed by atoms with van der Waals surface area (Å²) in [6.07, 6.45) is 1.86. The average Bonchev–Trinajstić information content (AvgIpc) is 2.70. The predicted molar refractivity (Wildman–Crippen MR) is 105 cm³/mol. The number of aromatic amines is 1. The van der Waals surface area contributed by atoms with E-state index in [9.17, 15) is 22.8 Å². The van der Waals surface area contributed by atoms with E-state index < -0.39 is 29.3 Å². The number of amides is 2. The highest BCUT2D eigenvalue weighted by Gasteiger charge is 2.21. The van der Waals surface area contributed by atoms with Gasteiger partial charge < -0.3 is 15.2 Å². The molecule has 0 fully saturated rings. The number of aromatic nitrogens is 1. The standard InChI is InChI=1S/C21H20F3N3O2/c1-4-12-7-13(5-6-17(12)22)26-21(29)27(3)11(2)16-10-25-20(28)15-9-19(24)18(23)8-14(15)16/h5-11H,4H2,1-3H3,(H,25,28)(H,26,29)/t11-/m0/s1. The summed E-state index contributed by atoms with van der Waals surface area (Å²) in [7, 11) is 1.53. The number of benzene rings is 2. The number of anilines is 1. The largest absolute Gasteiger partial charge is 0.328 e. The highest BCUT2D eigenvalue weighted by molar-refractivity contribution is 5.90. The van der Waals surface area contributed by atoms with Crippen molar-refractivity contribution in [1.29, 1.82) is 0 Å². The fourth-order valence-corrected chi connectivity index (χ4v) is 3.14. The van der Waals surface area contributed by atoms with Crippen LogP contribution in [0.15, 0.2) is 41.3 Å². The number of hydrogen-bond acceptors (Lipinski definition) is 2. The monoisotopic (exact) mass is 403 g/mol. The van der Waals surface area contributed by atoms with Gasteiger partial charge >= 0.3 is 6.03 Å². The van der Waals surface area contributed by atoms with Crippen molar-refractivity contribution in [3.05, 3.63) is 75.5 Å². The minimum Gasteiger partial charge on any atom is -0.328 e. The Kier molecular flexibility index (Phi) is 5.63. The van der Waals surface area contributed by atoms with Crippen LogP contribution in [0.3, 0.4) is 0 Å². The van der Waals surface area contributed by atoms with Gasteiger partial charge in [-0.25, -0.2) is 18.0 Å². The Morgan fingerprint density at radius 1 is 1.10 bits per heavy atom. The first-order valence-electron chi connectivity index (χ1n) is 9.05. The van der Waals surface area contributed by atoms with Crippen molar-refractivity contribution in [2.24, 2.45) is 0 Å². The number of halogens is 3. The molecule has 0 aliphatic rings. The van der Waals surface area contributed by atoms with Crippen LogP contribution in [0.4, 0.5) is 23.7 Å². The van der Waals surface area contributed by atoms with Gasteiger partial charge in [-0.15, -0.1) is 0 Å². The molecule has 0 saturated carbocycles. The van der Waals surface area contributed by atoms with Crippen molar-refractivity contribution in [3.8, 4) is 0 Å². The predicted octanol–water partition coefficient (Wildman–Crippen LogP) is 4.73. The van der Waals surface area contributed by atoms with Crippen molar-refractivity contribution >= 4 is 22.5 Å². The molecule has 8 heteroatoms. The van der Waals surface area contributed by atoms with E-state index in [0.29, 0.717) is 23.2 Å². The summed E-state index contributed by atoms with van der Waals surface area (Å²) in [5.74, 6) is -2.55. The molecule has 0 spiro atoms. The highest BCUT2D eigenvalue weighted by atomic mass is 19.2. The van der Waals surface area contributed by atoms with Gasteiger partial charge in [0.1, 0.15) is 5.82 Å². The van der Waals surface area contributed by atoms with E-state index in [1.165, 1.54) is 30.3 Å². The number of carbonyl (C=O) groups excluding carboxylic acids is 1. The number of rotatable bonds is 4. The zero-order valence-electron chi connectivity index (χ0n) is 16.1. The third-order valence-electron chi connectivity index (χ3n) is 5.00. The van der Waals surface area contributed by atoms with Gasteiger partial charge in [-0.3, -0.25) is 4.79 Å². The molecule has 2 N–H and O–H groups in total. The molecular formula is C21H20F3N3O2. The lowest BCUT2D eigenvalue weighted by molar-refractivity contribution is 0.208. The summed E-state index contributed by atoms with van der Waals surface area (Å²) in [5, 5.41) is 2.90. The molecule has 0 aliphatic carbocycles. The number of hydrogen-bond donors (Lipinski definition) is 2. The third kappa shape index (κ3) is 3.96. The lowest BCUT2D eigenvalue weighted by atomic mass is 10.0. The zero-order chi connectivity index (χ0) is 21.3. The minimum absolute atomic E-state index is 0.00631. The lowest BCUT2D eigenvalue weighted by Crippen LogP contribution is -2.34. The van der Waals surface area contributed by atoms with Gasteiger partial charge in [0.25, 0.3) is 5.56 Å². The minimum atomic E-state index is -1.12. The Morgan fingerprint density at radius 2 is 1.76 bits per heavy atom. The Hall–Kier alpha value is -3.29. The fourth-order valence-electron chi connectivity index (χ4n) is 3.14. The Morgan fingerprint density at radius 3 is 2.41 bits per heavy atom. The van der Waals surface area contributed by atoms with Gasteiger partial charge in [-0.05, 0) is 60.2 Å². The lowest BCUT2D eigenvalue weighted by Gasteiger charge is -2.26. The van der Waals surface area contributed by atoms with Gasteiger partial charge in [0.15, 0.2) is 11.6 Å². The Balaban J connectivity index is 1.91. The van der Waals surface area contributed by atoms with Crippen molar-refractivity contribution in [1.82, 2.24) is 9.88 Å². The normalized spacial score (nSPS) is 12.1. The highest BCUT2D eigenvalue weighted by Crippen LogP contribution is 2.27. The number of urea groups is 1. The van der Waals surface area contributed by atoms with Crippen molar-refractivity contribution in [3.63, 3.8) is 0 Å². The van der Waals surface area contributed by atoms with E-state index in [2.05, 4.69) is 10.3 Å². The first-order chi connectivity index (χ1) is 13.7. The maximum Gasteiger partial charge on any atom is 0.322 e. The van der Waals surface area contributed by atoms with Crippen LogP contribution in [0.1, 0.15) is 31.0 Å². The van der Waals surface area contributed by atoms with Crippen LogP contribution in [-0.2, 0) is 6.42 Å². The van der Waals surface area contributed by atoms with Crippen LogP contribution in [0.2, 0.25) is 0 Å². The molecule has 1 aromatic heterocycles. The van der Waals surface area contributed by atoms with Gasteiger partial charge in [0.2, 0.25) is 0 Å². The number of nitrogens with zero attached hydrogens (tertiary/aromatic N) is 1. The van der Waals surface area contributed by atoms with Crippen LogP contribution >= 0.6 is 0 Å². The van der Waals surface area contributed by atoms with Crippen LogP contribution in [-0.4, -0.2) is 23.0 Å². The topological polar surface area (TPSA) is 65.2 Å². The molecule has 1 atom stereocenters. The summed E-state index contributed by atoms with van der Waals surface area (Å²) in [4.78, 5) is 28.5. The molecule has 2 aromatic carbocycles. The smallest absolute Gasteiger partial charge is 0.322 e. The molecule has 0 unspecified atom stereocenters. The zero-order valence-corrected chi connectivity index (χ0v) is 16.1. The molecule has 0 aliphatic heterocycles. The summed E-state index contributed by atoms with van der Waals surface area (Å²) in [6, 6.07) is 5.02. The van der Waals surface area contributed by atoms with Crippen molar-refractivity contribution in [2.45, 2.75) is 26.3 Å². The van der Waals surface area contributed by atoms with E-state index in [1.54, 1.807) is 13.0 Å². The number of carbonyl (C=O) groups is 1. The van der Waals surface area contributed by atoms with Gasteiger partial charge in [0, 0.05) is 18.9 Å². The quantitative estimate of drug-likeness (QED) is 0.661. The van der Waals surface area contributed by atoms with Crippen LogP contribution in [0.25, 0.3) is 10.8 Å². The van der Waals surface area contributed by atoms with E-state index in [0.717, 1.165) is 12.1 Å². The second kappa shape index (κ2) is 7.98. The molecule has 5 nitrogen and oxygen atoms in total. The van der Waals surface area contributed by atoms with E-state index >= 15 is 0 Å².